The van der Waals surface area contributed by atoms with E-state index in [1.807, 2.05) is 49.4 Å². The minimum absolute atomic E-state index is 0.226. The number of anilines is 1. The molecule has 134 valence electrons. The van der Waals surface area contributed by atoms with E-state index < -0.39 is 0 Å². The highest BCUT2D eigenvalue weighted by Gasteiger charge is 2.10. The van der Waals surface area contributed by atoms with Crippen LogP contribution in [0.1, 0.15) is 18.2 Å². The molecule has 0 aliphatic carbocycles. The standard InChI is InChI=1S/C20H17N5O2/c1-2-18-17(16-8-3-4-9-19(16)27-18)10-11-20(26)22-14-6-5-7-15(12-14)25-13-21-23-24-25/h3-13H,2H2,1H3,(H,22,26). The first kappa shape index (κ1) is 16.7. The summed E-state index contributed by atoms with van der Waals surface area (Å²) >= 11 is 0. The van der Waals surface area contributed by atoms with Crippen molar-refractivity contribution in [2.75, 3.05) is 5.32 Å². The topological polar surface area (TPSA) is 85.8 Å². The second-order valence-electron chi connectivity index (χ2n) is 5.92. The third-order valence-electron chi connectivity index (χ3n) is 4.16. The van der Waals surface area contributed by atoms with Crippen molar-refractivity contribution in [3.63, 3.8) is 0 Å². The van der Waals surface area contributed by atoms with Crippen LogP contribution in [0.3, 0.4) is 0 Å². The number of hydrogen-bond acceptors (Lipinski definition) is 5. The van der Waals surface area contributed by atoms with Gasteiger partial charge in [-0.05, 0) is 40.8 Å². The fourth-order valence-electron chi connectivity index (χ4n) is 2.91. The fraction of sp³-hybridized carbons (Fsp3) is 0.100. The lowest BCUT2D eigenvalue weighted by Crippen LogP contribution is -2.08. The number of carbonyl (C=O) groups is 1. The van der Waals surface area contributed by atoms with Gasteiger partial charge in [0.1, 0.15) is 17.7 Å². The molecule has 4 rings (SSSR count). The Kier molecular flexibility index (Phi) is 4.49. The number of hydrogen-bond donors (Lipinski definition) is 1. The first-order chi connectivity index (χ1) is 13.2. The maximum Gasteiger partial charge on any atom is 0.248 e. The SMILES string of the molecule is CCc1oc2ccccc2c1C=CC(=O)Nc1cccc(-n2cnnn2)c1. The number of tetrazole rings is 1. The lowest BCUT2D eigenvalue weighted by Gasteiger charge is -2.05. The molecule has 2 aromatic carbocycles. The van der Waals surface area contributed by atoms with Gasteiger partial charge in [0.25, 0.3) is 0 Å². The lowest BCUT2D eigenvalue weighted by molar-refractivity contribution is -0.111. The van der Waals surface area contributed by atoms with Crippen molar-refractivity contribution < 1.29 is 9.21 Å². The molecule has 0 bridgehead atoms. The number of furan rings is 1. The summed E-state index contributed by atoms with van der Waals surface area (Å²) < 4.78 is 7.38. The van der Waals surface area contributed by atoms with E-state index in [1.165, 1.54) is 17.1 Å². The number of carbonyl (C=O) groups excluding carboxylic acids is 1. The van der Waals surface area contributed by atoms with Crippen molar-refractivity contribution in [2.45, 2.75) is 13.3 Å². The minimum atomic E-state index is -0.226. The Morgan fingerprint density at radius 2 is 2.11 bits per heavy atom. The molecular formula is C20H17N5O2. The van der Waals surface area contributed by atoms with Crippen LogP contribution in [0, 0.1) is 0 Å². The Hall–Kier alpha value is -3.74. The lowest BCUT2D eigenvalue weighted by atomic mass is 10.1. The van der Waals surface area contributed by atoms with Gasteiger partial charge in [-0.25, -0.2) is 4.68 Å². The van der Waals surface area contributed by atoms with Crippen molar-refractivity contribution in [1.82, 2.24) is 20.2 Å². The van der Waals surface area contributed by atoms with Crippen LogP contribution in [0.2, 0.25) is 0 Å². The van der Waals surface area contributed by atoms with Gasteiger partial charge in [-0.1, -0.05) is 31.2 Å². The van der Waals surface area contributed by atoms with Gasteiger partial charge in [0.2, 0.25) is 5.91 Å². The number of para-hydroxylation sites is 1. The molecule has 2 heterocycles. The number of nitrogens with zero attached hydrogens (tertiary/aromatic N) is 4. The molecule has 1 amide bonds. The summed E-state index contributed by atoms with van der Waals surface area (Å²) in [5, 5.41) is 14.9. The second-order valence-corrected chi connectivity index (χ2v) is 5.92. The zero-order valence-electron chi connectivity index (χ0n) is 14.7. The van der Waals surface area contributed by atoms with Crippen LogP contribution in [-0.4, -0.2) is 26.1 Å². The van der Waals surface area contributed by atoms with E-state index in [-0.39, 0.29) is 5.91 Å². The molecule has 0 saturated heterocycles. The van der Waals surface area contributed by atoms with Crippen molar-refractivity contribution in [3.8, 4) is 5.69 Å². The number of aryl methyl sites for hydroxylation is 1. The van der Waals surface area contributed by atoms with E-state index in [4.69, 9.17) is 4.42 Å². The van der Waals surface area contributed by atoms with Gasteiger partial charge in [-0.15, -0.1) is 5.10 Å². The summed E-state index contributed by atoms with van der Waals surface area (Å²) in [6.45, 7) is 2.03. The average Bonchev–Trinajstić information content (AvgIpc) is 3.34. The number of aromatic nitrogens is 4. The second kappa shape index (κ2) is 7.25. The van der Waals surface area contributed by atoms with Crippen LogP contribution < -0.4 is 5.32 Å². The molecule has 0 aliphatic rings. The molecule has 0 spiro atoms. The van der Waals surface area contributed by atoms with Crippen molar-refractivity contribution in [1.29, 1.82) is 0 Å². The Labute approximate surface area is 155 Å². The number of nitrogens with one attached hydrogen (secondary N) is 1. The summed E-state index contributed by atoms with van der Waals surface area (Å²) in [6.07, 6.45) is 5.56. The summed E-state index contributed by atoms with van der Waals surface area (Å²) in [6, 6.07) is 15.1. The van der Waals surface area contributed by atoms with Crippen LogP contribution in [0.15, 0.2) is 65.4 Å². The van der Waals surface area contributed by atoms with Gasteiger partial charge in [0.15, 0.2) is 0 Å². The fourth-order valence-corrected chi connectivity index (χ4v) is 2.91. The Morgan fingerprint density at radius 1 is 1.22 bits per heavy atom. The summed E-state index contributed by atoms with van der Waals surface area (Å²) in [7, 11) is 0. The Bertz CT molecular complexity index is 1110. The van der Waals surface area contributed by atoms with Crippen molar-refractivity contribution in [3.05, 3.63) is 72.3 Å². The molecule has 0 saturated carbocycles. The molecular weight excluding hydrogens is 342 g/mol. The smallest absolute Gasteiger partial charge is 0.248 e. The molecule has 7 nitrogen and oxygen atoms in total. The normalized spacial score (nSPS) is 11.3. The van der Waals surface area contributed by atoms with Gasteiger partial charge in [0.05, 0.1) is 5.69 Å². The van der Waals surface area contributed by atoms with Crippen LogP contribution >= 0.6 is 0 Å². The van der Waals surface area contributed by atoms with Crippen LogP contribution in [0.4, 0.5) is 5.69 Å². The van der Waals surface area contributed by atoms with Crippen LogP contribution in [0.25, 0.3) is 22.7 Å². The van der Waals surface area contributed by atoms with E-state index in [0.29, 0.717) is 5.69 Å². The highest BCUT2D eigenvalue weighted by molar-refractivity contribution is 6.03. The van der Waals surface area contributed by atoms with Crippen molar-refractivity contribution >= 4 is 28.6 Å². The number of benzene rings is 2. The zero-order chi connectivity index (χ0) is 18.6. The van der Waals surface area contributed by atoms with E-state index >= 15 is 0 Å². The largest absolute Gasteiger partial charge is 0.460 e. The number of amides is 1. The predicted octanol–water partition coefficient (Wildman–Crippen LogP) is 3.62. The number of fused-ring (bicyclic) bond motifs is 1. The molecule has 0 radical (unpaired) electrons. The molecule has 1 N–H and O–H groups in total. The molecule has 0 aliphatic heterocycles. The molecule has 0 atom stereocenters. The first-order valence-corrected chi connectivity index (χ1v) is 8.57. The summed E-state index contributed by atoms with van der Waals surface area (Å²) in [5.74, 6) is 0.636. The third-order valence-corrected chi connectivity index (χ3v) is 4.16. The Balaban J connectivity index is 1.54. The third kappa shape index (κ3) is 3.48. The molecule has 7 heteroatoms. The van der Waals surface area contributed by atoms with E-state index in [0.717, 1.165) is 34.4 Å². The van der Waals surface area contributed by atoms with Crippen LogP contribution in [-0.2, 0) is 11.2 Å². The van der Waals surface area contributed by atoms with E-state index in [2.05, 4.69) is 20.8 Å². The van der Waals surface area contributed by atoms with E-state index in [1.54, 1.807) is 12.1 Å². The number of rotatable bonds is 5. The monoisotopic (exact) mass is 359 g/mol. The molecule has 0 fully saturated rings. The summed E-state index contributed by atoms with van der Waals surface area (Å²) in [5.41, 5.74) is 3.18. The van der Waals surface area contributed by atoms with E-state index in [9.17, 15) is 4.79 Å². The van der Waals surface area contributed by atoms with Gasteiger partial charge >= 0.3 is 0 Å². The maximum atomic E-state index is 12.4. The molecule has 27 heavy (non-hydrogen) atoms. The van der Waals surface area contributed by atoms with Gasteiger partial charge in [-0.3, -0.25) is 4.79 Å². The van der Waals surface area contributed by atoms with Crippen LogP contribution in [0.5, 0.6) is 0 Å². The van der Waals surface area contributed by atoms with Gasteiger partial charge in [-0.2, -0.15) is 0 Å². The van der Waals surface area contributed by atoms with Gasteiger partial charge in [0, 0.05) is 29.1 Å². The summed E-state index contributed by atoms with van der Waals surface area (Å²) in [4.78, 5) is 12.4. The molecule has 0 unspecified atom stereocenters. The molecule has 2 aromatic heterocycles. The first-order valence-electron chi connectivity index (χ1n) is 8.57. The average molecular weight is 359 g/mol. The highest BCUT2D eigenvalue weighted by atomic mass is 16.3. The van der Waals surface area contributed by atoms with Crippen molar-refractivity contribution in [2.24, 2.45) is 0 Å². The van der Waals surface area contributed by atoms with Gasteiger partial charge < -0.3 is 9.73 Å². The minimum Gasteiger partial charge on any atom is -0.460 e. The zero-order valence-corrected chi connectivity index (χ0v) is 14.7. The predicted molar refractivity (Wildman–Crippen MR) is 102 cm³/mol. The quantitative estimate of drug-likeness (QED) is 0.550. The Morgan fingerprint density at radius 3 is 2.93 bits per heavy atom. The highest BCUT2D eigenvalue weighted by Crippen LogP contribution is 2.27. The maximum absolute atomic E-state index is 12.4. The molecule has 4 aromatic rings.